The molecule has 0 atom stereocenters. The fourth-order valence-corrected chi connectivity index (χ4v) is 4.17. The average molecular weight is 417 g/mol. The number of fused-ring (bicyclic) bond motifs is 1. The van der Waals surface area contributed by atoms with Gasteiger partial charge in [0, 0.05) is 17.0 Å². The Bertz CT molecular complexity index is 1160. The highest BCUT2D eigenvalue weighted by Gasteiger charge is 2.18. The number of rotatable bonds is 6. The minimum atomic E-state index is 0.277. The number of hydrogen-bond donors (Lipinski definition) is 0. The second-order valence-electron chi connectivity index (χ2n) is 6.68. The highest BCUT2D eigenvalue weighted by atomic mass is 32.2. The van der Waals surface area contributed by atoms with Gasteiger partial charge in [-0.25, -0.2) is 0 Å². The summed E-state index contributed by atoms with van der Waals surface area (Å²) in [7, 11) is 1.66. The summed E-state index contributed by atoms with van der Waals surface area (Å²) >= 11 is 1.63. The topological polar surface area (TPSA) is 58.4 Å². The number of nitrogens with zero attached hydrogens (tertiary/aromatic N) is 3. The molecule has 6 nitrogen and oxygen atoms in total. The highest BCUT2D eigenvalue weighted by molar-refractivity contribution is 7.98. The van der Waals surface area contributed by atoms with E-state index in [-0.39, 0.29) is 6.79 Å². The van der Waals surface area contributed by atoms with Gasteiger partial charge in [0.15, 0.2) is 22.5 Å². The lowest BCUT2D eigenvalue weighted by Gasteiger charge is -2.11. The van der Waals surface area contributed by atoms with E-state index in [1.54, 1.807) is 18.9 Å². The van der Waals surface area contributed by atoms with Crippen LogP contribution in [0.3, 0.4) is 0 Å². The van der Waals surface area contributed by atoms with E-state index in [1.165, 1.54) is 0 Å². The van der Waals surface area contributed by atoms with Crippen LogP contribution in [0.2, 0.25) is 0 Å². The fraction of sp³-hybridized carbons (Fsp3) is 0.130. The van der Waals surface area contributed by atoms with Crippen molar-refractivity contribution in [2.24, 2.45) is 0 Å². The van der Waals surface area contributed by atoms with Gasteiger partial charge < -0.3 is 14.2 Å². The van der Waals surface area contributed by atoms with Gasteiger partial charge in [-0.1, -0.05) is 36.0 Å². The Balaban J connectivity index is 1.48. The molecule has 0 fully saturated rings. The molecule has 0 N–H and O–H groups in total. The van der Waals surface area contributed by atoms with Crippen molar-refractivity contribution >= 4 is 11.8 Å². The first-order valence-electron chi connectivity index (χ1n) is 9.48. The van der Waals surface area contributed by atoms with Crippen molar-refractivity contribution in [3.8, 4) is 34.3 Å². The second kappa shape index (κ2) is 8.12. The number of para-hydroxylation sites is 1. The quantitative estimate of drug-likeness (QED) is 0.413. The van der Waals surface area contributed by atoms with Crippen LogP contribution >= 0.6 is 11.8 Å². The molecule has 0 saturated carbocycles. The van der Waals surface area contributed by atoms with Crippen molar-refractivity contribution in [3.05, 3.63) is 78.4 Å². The van der Waals surface area contributed by atoms with Crippen molar-refractivity contribution < 1.29 is 14.2 Å². The van der Waals surface area contributed by atoms with E-state index in [4.69, 9.17) is 14.2 Å². The predicted octanol–water partition coefficient (Wildman–Crippen LogP) is 4.96. The zero-order chi connectivity index (χ0) is 20.3. The average Bonchev–Trinajstić information content (AvgIpc) is 3.45. The smallest absolute Gasteiger partial charge is 0.231 e. The zero-order valence-electron chi connectivity index (χ0n) is 16.3. The summed E-state index contributed by atoms with van der Waals surface area (Å²) in [6.07, 6.45) is 0. The normalized spacial score (nSPS) is 12.2. The largest absolute Gasteiger partial charge is 0.497 e. The molecule has 2 heterocycles. The monoisotopic (exact) mass is 417 g/mol. The molecule has 0 bridgehead atoms. The zero-order valence-corrected chi connectivity index (χ0v) is 17.1. The minimum absolute atomic E-state index is 0.277. The van der Waals surface area contributed by atoms with E-state index >= 15 is 0 Å². The summed E-state index contributed by atoms with van der Waals surface area (Å²) < 4.78 is 18.2. The van der Waals surface area contributed by atoms with E-state index in [0.717, 1.165) is 50.8 Å². The second-order valence-corrected chi connectivity index (χ2v) is 7.62. The van der Waals surface area contributed by atoms with Crippen LogP contribution in [-0.4, -0.2) is 28.7 Å². The molecule has 5 rings (SSSR count). The van der Waals surface area contributed by atoms with Crippen LogP contribution in [0.15, 0.2) is 78.0 Å². The molecule has 1 aromatic heterocycles. The third-order valence-corrected chi connectivity index (χ3v) is 5.80. The van der Waals surface area contributed by atoms with Gasteiger partial charge in [-0.2, -0.15) is 0 Å². The maximum Gasteiger partial charge on any atom is 0.231 e. The Kier molecular flexibility index (Phi) is 5.03. The Hall–Kier alpha value is -3.45. The minimum Gasteiger partial charge on any atom is -0.497 e. The molecule has 0 spiro atoms. The van der Waals surface area contributed by atoms with Gasteiger partial charge in [0.2, 0.25) is 6.79 Å². The van der Waals surface area contributed by atoms with E-state index in [1.807, 2.05) is 60.7 Å². The third-order valence-electron chi connectivity index (χ3n) is 4.80. The summed E-state index contributed by atoms with van der Waals surface area (Å²) in [5.41, 5.74) is 3.13. The molecule has 0 radical (unpaired) electrons. The molecule has 7 heteroatoms. The van der Waals surface area contributed by atoms with Crippen molar-refractivity contribution in [2.75, 3.05) is 13.9 Å². The van der Waals surface area contributed by atoms with Crippen LogP contribution in [-0.2, 0) is 5.75 Å². The van der Waals surface area contributed by atoms with Crippen LogP contribution in [0.4, 0.5) is 0 Å². The molecule has 0 saturated heterocycles. The maximum atomic E-state index is 5.49. The summed E-state index contributed by atoms with van der Waals surface area (Å²) in [5.74, 6) is 3.91. The molecule has 3 aromatic carbocycles. The van der Waals surface area contributed by atoms with Gasteiger partial charge in [0.1, 0.15) is 5.75 Å². The van der Waals surface area contributed by atoms with E-state index < -0.39 is 0 Å². The van der Waals surface area contributed by atoms with Gasteiger partial charge in [-0.05, 0) is 54.1 Å². The van der Waals surface area contributed by atoms with Crippen LogP contribution in [0.25, 0.3) is 17.1 Å². The van der Waals surface area contributed by atoms with Crippen molar-refractivity contribution in [1.29, 1.82) is 0 Å². The number of hydrogen-bond acceptors (Lipinski definition) is 6. The Labute approximate surface area is 178 Å². The molecular weight excluding hydrogens is 398 g/mol. The van der Waals surface area contributed by atoms with Crippen LogP contribution < -0.4 is 14.2 Å². The molecule has 0 aliphatic carbocycles. The van der Waals surface area contributed by atoms with E-state index in [2.05, 4.69) is 26.9 Å². The molecule has 150 valence electrons. The Morgan fingerprint density at radius 2 is 1.73 bits per heavy atom. The first kappa shape index (κ1) is 18.6. The van der Waals surface area contributed by atoms with Crippen molar-refractivity contribution in [1.82, 2.24) is 14.8 Å². The SMILES string of the molecule is COc1ccc(-c2nnc(SCc3ccc4c(c3)OCO4)n2-c2ccccc2)cc1. The van der Waals surface area contributed by atoms with Gasteiger partial charge in [-0.15, -0.1) is 10.2 Å². The van der Waals surface area contributed by atoms with Crippen LogP contribution in [0, 0.1) is 0 Å². The van der Waals surface area contributed by atoms with E-state index in [9.17, 15) is 0 Å². The lowest BCUT2D eigenvalue weighted by atomic mass is 10.2. The Morgan fingerprint density at radius 1 is 0.933 bits per heavy atom. The summed E-state index contributed by atoms with van der Waals surface area (Å²) in [4.78, 5) is 0. The molecule has 0 amide bonds. The summed E-state index contributed by atoms with van der Waals surface area (Å²) in [6.45, 7) is 0.277. The van der Waals surface area contributed by atoms with Crippen LogP contribution in [0.1, 0.15) is 5.56 Å². The fourth-order valence-electron chi connectivity index (χ4n) is 3.28. The number of methoxy groups -OCH3 is 1. The summed E-state index contributed by atoms with van der Waals surface area (Å²) in [5, 5.41) is 9.81. The number of benzene rings is 3. The number of ether oxygens (including phenoxy) is 3. The Morgan fingerprint density at radius 3 is 2.53 bits per heavy atom. The molecule has 1 aliphatic heterocycles. The summed E-state index contributed by atoms with van der Waals surface area (Å²) in [6, 6.07) is 24.0. The lowest BCUT2D eigenvalue weighted by Crippen LogP contribution is -1.99. The molecule has 1 aliphatic rings. The standard InChI is InChI=1S/C23H19N3O3S/c1-27-19-10-8-17(9-11-19)22-24-25-23(26(22)18-5-3-2-4-6-18)30-14-16-7-12-20-21(13-16)29-15-28-20/h2-13H,14-15H2,1H3. The maximum absolute atomic E-state index is 5.49. The lowest BCUT2D eigenvalue weighted by molar-refractivity contribution is 0.174. The predicted molar refractivity (Wildman–Crippen MR) is 115 cm³/mol. The van der Waals surface area contributed by atoms with E-state index in [0.29, 0.717) is 0 Å². The molecule has 30 heavy (non-hydrogen) atoms. The molecular formula is C23H19N3O3S. The van der Waals surface area contributed by atoms with Crippen LogP contribution in [0.5, 0.6) is 17.2 Å². The first-order chi connectivity index (χ1) is 14.8. The third kappa shape index (κ3) is 3.59. The van der Waals surface area contributed by atoms with Gasteiger partial charge >= 0.3 is 0 Å². The molecule has 4 aromatic rings. The van der Waals surface area contributed by atoms with Crippen molar-refractivity contribution in [3.63, 3.8) is 0 Å². The van der Waals surface area contributed by atoms with Crippen molar-refractivity contribution in [2.45, 2.75) is 10.9 Å². The first-order valence-corrected chi connectivity index (χ1v) is 10.5. The number of thioether (sulfide) groups is 1. The van der Waals surface area contributed by atoms with Gasteiger partial charge in [0.25, 0.3) is 0 Å². The highest BCUT2D eigenvalue weighted by Crippen LogP contribution is 2.35. The number of aromatic nitrogens is 3. The van der Waals surface area contributed by atoms with Gasteiger partial charge in [-0.3, -0.25) is 4.57 Å². The molecule has 0 unspecified atom stereocenters. The van der Waals surface area contributed by atoms with Gasteiger partial charge in [0.05, 0.1) is 7.11 Å².